The predicted molar refractivity (Wildman–Crippen MR) is 98.2 cm³/mol. The van der Waals surface area contributed by atoms with Gasteiger partial charge in [-0.1, -0.05) is 48.5 Å². The zero-order valence-electron chi connectivity index (χ0n) is 13.7. The topological polar surface area (TPSA) is 44.5 Å². The first kappa shape index (κ1) is 15.9. The molecule has 0 saturated carbocycles. The first-order valence-corrected chi connectivity index (χ1v) is 8.06. The molecule has 3 rings (SSSR count). The van der Waals surface area contributed by atoms with Crippen LogP contribution in [0.3, 0.4) is 0 Å². The summed E-state index contributed by atoms with van der Waals surface area (Å²) in [5, 5.41) is 0. The number of hydrogen-bond donors (Lipinski definition) is 1. The summed E-state index contributed by atoms with van der Waals surface area (Å²) in [4.78, 5) is 0. The highest BCUT2D eigenvalue weighted by molar-refractivity contribution is 5.71. The first-order valence-electron chi connectivity index (χ1n) is 8.06. The fourth-order valence-electron chi connectivity index (χ4n) is 2.50. The number of hydrogen-bond acceptors (Lipinski definition) is 3. The average molecular weight is 319 g/mol. The van der Waals surface area contributed by atoms with E-state index in [9.17, 15) is 0 Å². The minimum Gasteiger partial charge on any atom is -0.492 e. The van der Waals surface area contributed by atoms with Gasteiger partial charge in [0.05, 0.1) is 12.3 Å². The number of benzene rings is 3. The number of nitrogen functional groups attached to an aromatic ring is 1. The van der Waals surface area contributed by atoms with Crippen LogP contribution >= 0.6 is 0 Å². The van der Waals surface area contributed by atoms with E-state index in [1.54, 1.807) is 0 Å². The van der Waals surface area contributed by atoms with Crippen molar-refractivity contribution in [2.75, 3.05) is 12.3 Å². The SMILES string of the molecule is CCOc1ccc(-c2ccc(OCc3ccccc3)cc2)cc1N. The van der Waals surface area contributed by atoms with Crippen LogP contribution in [0, 0.1) is 0 Å². The van der Waals surface area contributed by atoms with Gasteiger partial charge < -0.3 is 15.2 Å². The van der Waals surface area contributed by atoms with Crippen LogP contribution in [0.25, 0.3) is 11.1 Å². The van der Waals surface area contributed by atoms with Gasteiger partial charge in [0.2, 0.25) is 0 Å². The third-order valence-corrected chi connectivity index (χ3v) is 3.75. The second kappa shape index (κ2) is 7.55. The van der Waals surface area contributed by atoms with Gasteiger partial charge in [0, 0.05) is 0 Å². The molecule has 3 nitrogen and oxygen atoms in total. The lowest BCUT2D eigenvalue weighted by molar-refractivity contribution is 0.306. The predicted octanol–water partition coefficient (Wildman–Crippen LogP) is 4.91. The third-order valence-electron chi connectivity index (χ3n) is 3.75. The molecule has 122 valence electrons. The van der Waals surface area contributed by atoms with Gasteiger partial charge in [0.15, 0.2) is 0 Å². The average Bonchev–Trinajstić information content (AvgIpc) is 2.63. The van der Waals surface area contributed by atoms with E-state index in [2.05, 4.69) is 12.1 Å². The molecule has 2 N–H and O–H groups in total. The molecule has 0 aliphatic rings. The molecule has 0 aromatic heterocycles. The van der Waals surface area contributed by atoms with Crippen molar-refractivity contribution in [3.8, 4) is 22.6 Å². The molecule has 3 aromatic carbocycles. The van der Waals surface area contributed by atoms with Gasteiger partial charge in [-0.15, -0.1) is 0 Å². The molecule has 0 fully saturated rings. The van der Waals surface area contributed by atoms with Crippen LogP contribution in [-0.4, -0.2) is 6.61 Å². The van der Waals surface area contributed by atoms with Gasteiger partial charge in [0.25, 0.3) is 0 Å². The molecule has 0 atom stereocenters. The van der Waals surface area contributed by atoms with Crippen molar-refractivity contribution in [1.82, 2.24) is 0 Å². The van der Waals surface area contributed by atoms with E-state index < -0.39 is 0 Å². The standard InChI is InChI=1S/C21H21NO2/c1-2-23-21-13-10-18(14-20(21)22)17-8-11-19(12-9-17)24-15-16-6-4-3-5-7-16/h3-14H,2,15,22H2,1H3. The van der Waals surface area contributed by atoms with Crippen molar-refractivity contribution in [2.24, 2.45) is 0 Å². The van der Waals surface area contributed by atoms with E-state index >= 15 is 0 Å². The summed E-state index contributed by atoms with van der Waals surface area (Å²) in [6, 6.07) is 24.0. The van der Waals surface area contributed by atoms with Crippen LogP contribution < -0.4 is 15.2 Å². The molecule has 0 radical (unpaired) electrons. The van der Waals surface area contributed by atoms with Crippen LogP contribution in [0.5, 0.6) is 11.5 Å². The number of anilines is 1. The maximum Gasteiger partial charge on any atom is 0.142 e. The van der Waals surface area contributed by atoms with Crippen LogP contribution in [0.2, 0.25) is 0 Å². The molecular formula is C21H21NO2. The summed E-state index contributed by atoms with van der Waals surface area (Å²) in [7, 11) is 0. The maximum atomic E-state index is 6.04. The van der Waals surface area contributed by atoms with E-state index in [-0.39, 0.29) is 0 Å². The van der Waals surface area contributed by atoms with Gasteiger partial charge in [-0.25, -0.2) is 0 Å². The Kier molecular flexibility index (Phi) is 5.02. The van der Waals surface area contributed by atoms with Crippen molar-refractivity contribution >= 4 is 5.69 Å². The van der Waals surface area contributed by atoms with Crippen LogP contribution in [0.4, 0.5) is 5.69 Å². The summed E-state index contributed by atoms with van der Waals surface area (Å²) >= 11 is 0. The summed E-state index contributed by atoms with van der Waals surface area (Å²) in [5.74, 6) is 1.57. The minimum atomic E-state index is 0.566. The number of nitrogens with two attached hydrogens (primary N) is 1. The lowest BCUT2D eigenvalue weighted by Gasteiger charge is -2.10. The Bertz CT molecular complexity index is 783. The van der Waals surface area contributed by atoms with Crippen LogP contribution in [-0.2, 0) is 6.61 Å². The van der Waals surface area contributed by atoms with Crippen molar-refractivity contribution in [1.29, 1.82) is 0 Å². The molecule has 0 saturated heterocycles. The first-order chi connectivity index (χ1) is 11.8. The van der Waals surface area contributed by atoms with Crippen molar-refractivity contribution in [3.63, 3.8) is 0 Å². The Balaban J connectivity index is 1.69. The fourth-order valence-corrected chi connectivity index (χ4v) is 2.50. The Morgan fingerprint density at radius 1 is 0.792 bits per heavy atom. The Hall–Kier alpha value is -2.94. The van der Waals surface area contributed by atoms with Gasteiger partial charge in [-0.2, -0.15) is 0 Å². The molecule has 24 heavy (non-hydrogen) atoms. The van der Waals surface area contributed by atoms with E-state index in [1.165, 1.54) is 0 Å². The summed E-state index contributed by atoms with van der Waals surface area (Å²) in [6.07, 6.45) is 0. The van der Waals surface area contributed by atoms with Gasteiger partial charge in [-0.3, -0.25) is 0 Å². The number of rotatable bonds is 6. The zero-order valence-corrected chi connectivity index (χ0v) is 13.7. The summed E-state index contributed by atoms with van der Waals surface area (Å²) in [6.45, 7) is 3.12. The molecule has 3 aromatic rings. The van der Waals surface area contributed by atoms with Crippen molar-refractivity contribution in [3.05, 3.63) is 78.4 Å². The zero-order chi connectivity index (χ0) is 16.8. The minimum absolute atomic E-state index is 0.566. The lowest BCUT2D eigenvalue weighted by Crippen LogP contribution is -1.97. The fraction of sp³-hybridized carbons (Fsp3) is 0.143. The molecule has 3 heteroatoms. The highest BCUT2D eigenvalue weighted by Crippen LogP contribution is 2.29. The van der Waals surface area contributed by atoms with Gasteiger partial charge in [0.1, 0.15) is 18.1 Å². The molecule has 0 amide bonds. The normalized spacial score (nSPS) is 10.4. The maximum absolute atomic E-state index is 6.04. The van der Waals surface area contributed by atoms with Crippen LogP contribution in [0.1, 0.15) is 12.5 Å². The third kappa shape index (κ3) is 3.87. The van der Waals surface area contributed by atoms with Gasteiger partial charge in [-0.05, 0) is 47.9 Å². The van der Waals surface area contributed by atoms with E-state index in [1.807, 2.05) is 67.6 Å². The Morgan fingerprint density at radius 3 is 2.17 bits per heavy atom. The quantitative estimate of drug-likeness (QED) is 0.656. The Morgan fingerprint density at radius 2 is 1.50 bits per heavy atom. The largest absolute Gasteiger partial charge is 0.492 e. The summed E-state index contributed by atoms with van der Waals surface area (Å²) in [5.41, 5.74) is 10.00. The highest BCUT2D eigenvalue weighted by atomic mass is 16.5. The second-order valence-corrected chi connectivity index (χ2v) is 5.48. The van der Waals surface area contributed by atoms with E-state index in [0.29, 0.717) is 18.9 Å². The van der Waals surface area contributed by atoms with Gasteiger partial charge >= 0.3 is 0 Å². The highest BCUT2D eigenvalue weighted by Gasteiger charge is 2.04. The van der Waals surface area contributed by atoms with Crippen molar-refractivity contribution < 1.29 is 9.47 Å². The van der Waals surface area contributed by atoms with Crippen LogP contribution in [0.15, 0.2) is 72.8 Å². The molecule has 0 aliphatic heterocycles. The second-order valence-electron chi connectivity index (χ2n) is 5.48. The number of ether oxygens (including phenoxy) is 2. The van der Waals surface area contributed by atoms with E-state index in [0.717, 1.165) is 28.2 Å². The molecule has 0 aliphatic carbocycles. The van der Waals surface area contributed by atoms with Crippen molar-refractivity contribution in [2.45, 2.75) is 13.5 Å². The molecule has 0 unspecified atom stereocenters. The smallest absolute Gasteiger partial charge is 0.142 e. The van der Waals surface area contributed by atoms with E-state index in [4.69, 9.17) is 15.2 Å². The molecule has 0 bridgehead atoms. The lowest BCUT2D eigenvalue weighted by atomic mass is 10.0. The molecule has 0 spiro atoms. The molecular weight excluding hydrogens is 298 g/mol. The summed E-state index contributed by atoms with van der Waals surface area (Å²) < 4.78 is 11.3. The molecule has 0 heterocycles. The Labute approximate surface area is 142 Å². The monoisotopic (exact) mass is 319 g/mol.